The molecule has 0 unspecified atom stereocenters. The molecule has 1 heterocycles. The second-order valence-corrected chi connectivity index (χ2v) is 9.23. The average Bonchev–Trinajstić information content (AvgIpc) is 3.20. The zero-order chi connectivity index (χ0) is 23.4. The number of aryl methyl sites for hydroxylation is 1. The number of thiocarbonyl (C=S) groups is 1. The summed E-state index contributed by atoms with van der Waals surface area (Å²) in [7, 11) is 0. The van der Waals surface area contributed by atoms with Crippen LogP contribution in [0.1, 0.15) is 35.7 Å². The number of amides is 1. The summed E-state index contributed by atoms with van der Waals surface area (Å²) in [6.45, 7) is 2.19. The molecule has 0 aliphatic rings. The number of rotatable bonds is 6. The predicted molar refractivity (Wildman–Crippen MR) is 140 cm³/mol. The molecule has 1 amide bonds. The van der Waals surface area contributed by atoms with E-state index in [2.05, 4.69) is 55.8 Å². The van der Waals surface area contributed by atoms with Gasteiger partial charge in [0.05, 0.1) is 16.4 Å². The Kier molecular flexibility index (Phi) is 7.37. The van der Waals surface area contributed by atoms with Gasteiger partial charge in [-0.05, 0) is 73.1 Å². The Labute approximate surface area is 210 Å². The number of carbonyl (C=O) groups is 1. The van der Waals surface area contributed by atoms with Crippen molar-refractivity contribution in [3.05, 3.63) is 81.3 Å². The number of hydrogen-bond donors (Lipinski definition) is 2. The van der Waals surface area contributed by atoms with Crippen molar-refractivity contribution < 1.29 is 4.79 Å². The first-order valence-electron chi connectivity index (χ1n) is 10.5. The summed E-state index contributed by atoms with van der Waals surface area (Å²) < 4.78 is 0.807. The number of nitrogens with one attached hydrogen (secondary N) is 2. The highest BCUT2D eigenvalue weighted by atomic mass is 79.9. The van der Waals surface area contributed by atoms with Crippen LogP contribution in [0.3, 0.4) is 0 Å². The van der Waals surface area contributed by atoms with Crippen LogP contribution in [0.15, 0.2) is 65.1 Å². The Hall–Kier alpha value is -2.81. The fourth-order valence-electron chi connectivity index (χ4n) is 3.28. The first-order chi connectivity index (χ1) is 15.9. The van der Waals surface area contributed by atoms with Crippen LogP contribution in [0, 0.1) is 0 Å². The van der Waals surface area contributed by atoms with E-state index in [9.17, 15) is 4.79 Å². The van der Waals surface area contributed by atoms with Gasteiger partial charge in [-0.2, -0.15) is 4.80 Å². The van der Waals surface area contributed by atoms with Crippen molar-refractivity contribution in [3.8, 4) is 5.69 Å². The number of halogens is 2. The zero-order valence-corrected chi connectivity index (χ0v) is 21.0. The van der Waals surface area contributed by atoms with Crippen LogP contribution >= 0.6 is 39.7 Å². The summed E-state index contributed by atoms with van der Waals surface area (Å²) in [6.07, 6.45) is 3.40. The molecule has 0 saturated heterocycles. The number of anilines is 1. The smallest absolute Gasteiger partial charge is 0.257 e. The SMILES string of the molecule is CCCCc1ccc(-n2nc3cc(Cl)c(NC(=S)NC(=O)c4cccc(Br)c4)cc3n2)cc1. The first-order valence-corrected chi connectivity index (χ1v) is 12.0. The number of hydrogen-bond acceptors (Lipinski definition) is 4. The van der Waals surface area contributed by atoms with Crippen molar-refractivity contribution in [3.63, 3.8) is 0 Å². The molecule has 1 aromatic heterocycles. The van der Waals surface area contributed by atoms with Gasteiger partial charge in [0.1, 0.15) is 11.0 Å². The molecule has 168 valence electrons. The molecule has 33 heavy (non-hydrogen) atoms. The molecule has 0 aliphatic heterocycles. The van der Waals surface area contributed by atoms with E-state index in [0.29, 0.717) is 27.3 Å². The third-order valence-electron chi connectivity index (χ3n) is 5.02. The lowest BCUT2D eigenvalue weighted by atomic mass is 10.1. The van der Waals surface area contributed by atoms with Gasteiger partial charge < -0.3 is 5.32 Å². The first kappa shape index (κ1) is 23.4. The summed E-state index contributed by atoms with van der Waals surface area (Å²) in [5, 5.41) is 15.3. The molecule has 0 aliphatic carbocycles. The van der Waals surface area contributed by atoms with Gasteiger partial charge >= 0.3 is 0 Å². The molecule has 3 aromatic carbocycles. The van der Waals surface area contributed by atoms with Gasteiger partial charge in [-0.25, -0.2) is 0 Å². The largest absolute Gasteiger partial charge is 0.331 e. The van der Waals surface area contributed by atoms with Gasteiger partial charge in [0.2, 0.25) is 0 Å². The van der Waals surface area contributed by atoms with Gasteiger partial charge in [-0.1, -0.05) is 59.1 Å². The Morgan fingerprint density at radius 1 is 1.09 bits per heavy atom. The Morgan fingerprint density at radius 3 is 2.52 bits per heavy atom. The van der Waals surface area contributed by atoms with Crippen LogP contribution < -0.4 is 10.6 Å². The summed E-state index contributed by atoms with van der Waals surface area (Å²) in [6, 6.07) is 18.7. The van der Waals surface area contributed by atoms with E-state index in [1.165, 1.54) is 18.4 Å². The highest BCUT2D eigenvalue weighted by Gasteiger charge is 2.13. The highest BCUT2D eigenvalue weighted by molar-refractivity contribution is 9.10. The second kappa shape index (κ2) is 10.4. The van der Waals surface area contributed by atoms with Gasteiger partial charge in [0.15, 0.2) is 5.11 Å². The fraction of sp³-hybridized carbons (Fsp3) is 0.167. The zero-order valence-electron chi connectivity index (χ0n) is 17.8. The number of aromatic nitrogens is 3. The maximum atomic E-state index is 12.4. The predicted octanol–water partition coefficient (Wildman–Crippen LogP) is 6.31. The Morgan fingerprint density at radius 2 is 1.82 bits per heavy atom. The van der Waals surface area contributed by atoms with Crippen LogP contribution in [-0.4, -0.2) is 26.0 Å². The number of nitrogens with zero attached hydrogens (tertiary/aromatic N) is 3. The normalized spacial score (nSPS) is 10.9. The molecule has 9 heteroatoms. The Balaban J connectivity index is 1.49. The van der Waals surface area contributed by atoms with Crippen molar-refractivity contribution in [2.45, 2.75) is 26.2 Å². The van der Waals surface area contributed by atoms with E-state index in [0.717, 1.165) is 16.6 Å². The summed E-state index contributed by atoms with van der Waals surface area (Å²) in [5.41, 5.74) is 4.49. The van der Waals surface area contributed by atoms with E-state index in [1.54, 1.807) is 35.1 Å². The number of benzene rings is 3. The highest BCUT2D eigenvalue weighted by Crippen LogP contribution is 2.27. The molecular formula is C24H21BrClN5OS. The van der Waals surface area contributed by atoms with Gasteiger partial charge in [-0.15, -0.1) is 10.2 Å². The lowest BCUT2D eigenvalue weighted by molar-refractivity contribution is 0.0977. The van der Waals surface area contributed by atoms with Crippen molar-refractivity contribution >= 4 is 67.5 Å². The minimum absolute atomic E-state index is 0.135. The quantitative estimate of drug-likeness (QED) is 0.280. The van der Waals surface area contributed by atoms with E-state index in [-0.39, 0.29) is 11.0 Å². The van der Waals surface area contributed by atoms with Crippen LogP contribution in [0.5, 0.6) is 0 Å². The van der Waals surface area contributed by atoms with Gasteiger partial charge in [0, 0.05) is 10.0 Å². The van der Waals surface area contributed by atoms with E-state index in [1.807, 2.05) is 18.2 Å². The van der Waals surface area contributed by atoms with Crippen molar-refractivity contribution in [2.24, 2.45) is 0 Å². The molecule has 6 nitrogen and oxygen atoms in total. The van der Waals surface area contributed by atoms with Crippen LogP contribution in [0.25, 0.3) is 16.7 Å². The summed E-state index contributed by atoms with van der Waals surface area (Å²) in [5.74, 6) is -0.320. The van der Waals surface area contributed by atoms with Crippen LogP contribution in [0.4, 0.5) is 5.69 Å². The van der Waals surface area contributed by atoms with Crippen molar-refractivity contribution in [2.75, 3.05) is 5.32 Å². The van der Waals surface area contributed by atoms with Crippen LogP contribution in [-0.2, 0) is 6.42 Å². The van der Waals surface area contributed by atoms with E-state index in [4.69, 9.17) is 23.8 Å². The molecule has 0 saturated carbocycles. The molecular weight excluding hydrogens is 522 g/mol. The monoisotopic (exact) mass is 541 g/mol. The lowest BCUT2D eigenvalue weighted by Crippen LogP contribution is -2.34. The standard InChI is InChI=1S/C24H21BrClN5OS/c1-2-3-5-15-8-10-18(11-9-15)31-29-21-13-19(26)20(14-22(21)30-31)27-24(33)28-23(32)16-6-4-7-17(25)12-16/h4,6-14H,2-3,5H2,1H3,(H2,27,28,32,33). The maximum absolute atomic E-state index is 12.4. The Bertz CT molecular complexity index is 1320. The number of fused-ring (bicyclic) bond motifs is 1. The fourth-order valence-corrected chi connectivity index (χ4v) is 4.09. The third-order valence-corrected chi connectivity index (χ3v) is 6.03. The lowest BCUT2D eigenvalue weighted by Gasteiger charge is -2.11. The third kappa shape index (κ3) is 5.76. The summed E-state index contributed by atoms with van der Waals surface area (Å²) >= 11 is 15.1. The topological polar surface area (TPSA) is 71.8 Å². The number of carbonyl (C=O) groups excluding carboxylic acids is 1. The van der Waals surface area contributed by atoms with Crippen molar-refractivity contribution in [1.82, 2.24) is 20.3 Å². The average molecular weight is 543 g/mol. The molecule has 4 rings (SSSR count). The second-order valence-electron chi connectivity index (χ2n) is 7.50. The van der Waals surface area contributed by atoms with Gasteiger partial charge in [-0.3, -0.25) is 10.1 Å². The minimum Gasteiger partial charge on any atom is -0.331 e. The number of unbranched alkanes of at least 4 members (excludes halogenated alkanes) is 1. The molecule has 0 atom stereocenters. The minimum atomic E-state index is -0.320. The van der Waals surface area contributed by atoms with E-state index < -0.39 is 0 Å². The van der Waals surface area contributed by atoms with E-state index >= 15 is 0 Å². The molecule has 0 spiro atoms. The molecule has 0 fully saturated rings. The summed E-state index contributed by atoms with van der Waals surface area (Å²) in [4.78, 5) is 14.0. The van der Waals surface area contributed by atoms with Gasteiger partial charge in [0.25, 0.3) is 5.91 Å². The maximum Gasteiger partial charge on any atom is 0.257 e. The molecule has 2 N–H and O–H groups in total. The molecule has 4 aromatic rings. The van der Waals surface area contributed by atoms with Crippen LogP contribution in [0.2, 0.25) is 5.02 Å². The van der Waals surface area contributed by atoms with Crippen molar-refractivity contribution in [1.29, 1.82) is 0 Å². The molecule has 0 bridgehead atoms. The molecule has 0 radical (unpaired) electrons.